The molecule has 1 N–H and O–H groups in total. The maximum absolute atomic E-state index is 14.0. The highest BCUT2D eigenvalue weighted by molar-refractivity contribution is 6.09. The zero-order valence-electron chi connectivity index (χ0n) is 17.3. The zero-order chi connectivity index (χ0) is 23.9. The third-order valence-corrected chi connectivity index (χ3v) is 5.37. The first-order valence-electron chi connectivity index (χ1n) is 10.1. The Hall–Kier alpha value is -4.71. The molecule has 0 bridgehead atoms. The molecule has 0 aliphatic carbocycles. The molecule has 6 nitrogen and oxygen atoms in total. The predicted molar refractivity (Wildman–Crippen MR) is 120 cm³/mol. The lowest BCUT2D eigenvalue weighted by atomic mass is 10.0. The van der Waals surface area contributed by atoms with Crippen LogP contribution in [0.2, 0.25) is 0 Å². The average molecular weight is 457 g/mol. The second-order valence-electron chi connectivity index (χ2n) is 7.46. The van der Waals surface area contributed by atoms with Gasteiger partial charge in [-0.1, -0.05) is 54.6 Å². The summed E-state index contributed by atoms with van der Waals surface area (Å²) >= 11 is 0. The number of aromatic nitrogens is 3. The maximum Gasteiger partial charge on any atom is 0.433 e. The number of nitrogens with one attached hydrogen (secondary N) is 1. The number of alkyl halides is 3. The van der Waals surface area contributed by atoms with E-state index in [1.165, 1.54) is 12.1 Å². The Morgan fingerprint density at radius 3 is 2.53 bits per heavy atom. The van der Waals surface area contributed by atoms with Gasteiger partial charge in [-0.2, -0.15) is 23.5 Å². The molecule has 0 unspecified atom stereocenters. The molecule has 0 saturated carbocycles. The van der Waals surface area contributed by atoms with E-state index < -0.39 is 17.8 Å². The van der Waals surface area contributed by atoms with Crippen molar-refractivity contribution in [2.24, 2.45) is 0 Å². The van der Waals surface area contributed by atoms with Crippen molar-refractivity contribution in [3.63, 3.8) is 0 Å². The molecule has 2 aromatic heterocycles. The van der Waals surface area contributed by atoms with Crippen molar-refractivity contribution in [1.82, 2.24) is 14.6 Å². The Kier molecular flexibility index (Phi) is 4.98. The van der Waals surface area contributed by atoms with Crippen molar-refractivity contribution < 1.29 is 18.0 Å². The number of anilines is 1. The SMILES string of the molecule is N#Cc1ccccc1NC(=O)c1cnn2c(C(F)(F)F)cc(-c3cccc4ccccc34)nc12. The largest absolute Gasteiger partial charge is 0.433 e. The Morgan fingerprint density at radius 2 is 1.74 bits per heavy atom. The van der Waals surface area contributed by atoms with Gasteiger partial charge < -0.3 is 5.32 Å². The molecule has 0 atom stereocenters. The second-order valence-corrected chi connectivity index (χ2v) is 7.46. The first-order valence-corrected chi connectivity index (χ1v) is 10.1. The molecule has 0 spiro atoms. The Labute approximate surface area is 190 Å². The normalized spacial score (nSPS) is 11.5. The van der Waals surface area contributed by atoms with E-state index in [2.05, 4.69) is 15.4 Å². The van der Waals surface area contributed by atoms with Crippen LogP contribution in [0.4, 0.5) is 18.9 Å². The van der Waals surface area contributed by atoms with Gasteiger partial charge in [-0.25, -0.2) is 9.50 Å². The quantitative estimate of drug-likeness (QED) is 0.377. The topological polar surface area (TPSA) is 83.1 Å². The molecule has 0 saturated heterocycles. The molecule has 2 heterocycles. The summed E-state index contributed by atoms with van der Waals surface area (Å²) in [7, 11) is 0. The van der Waals surface area contributed by atoms with Crippen molar-refractivity contribution in [3.8, 4) is 17.3 Å². The third-order valence-electron chi connectivity index (χ3n) is 5.37. The summed E-state index contributed by atoms with van der Waals surface area (Å²) in [5.74, 6) is -0.728. The molecule has 0 aliphatic heterocycles. The lowest BCUT2D eigenvalue weighted by molar-refractivity contribution is -0.142. The Bertz CT molecular complexity index is 1610. The first kappa shape index (κ1) is 21.2. The highest BCUT2D eigenvalue weighted by atomic mass is 19.4. The molecule has 166 valence electrons. The molecule has 5 aromatic rings. The monoisotopic (exact) mass is 457 g/mol. The van der Waals surface area contributed by atoms with Crippen LogP contribution in [0.5, 0.6) is 0 Å². The Morgan fingerprint density at radius 1 is 1.00 bits per heavy atom. The molecule has 3 aromatic carbocycles. The standard InChI is InChI=1S/C25H14F3N5O/c26-25(27,28)22-12-21(18-10-5-8-15-6-1-3-9-17(15)18)31-23-19(14-30-33(22)23)24(34)32-20-11-4-2-7-16(20)13-29/h1-12,14H,(H,32,34). The van der Waals surface area contributed by atoms with Crippen LogP contribution >= 0.6 is 0 Å². The fraction of sp³-hybridized carbons (Fsp3) is 0.0400. The lowest BCUT2D eigenvalue weighted by Gasteiger charge is -2.13. The molecule has 0 fully saturated rings. The van der Waals surface area contributed by atoms with Gasteiger partial charge in [-0.05, 0) is 29.0 Å². The van der Waals surface area contributed by atoms with Crippen LogP contribution in [0, 0.1) is 11.3 Å². The van der Waals surface area contributed by atoms with Crippen LogP contribution in [0.1, 0.15) is 21.6 Å². The minimum atomic E-state index is -4.74. The number of fused-ring (bicyclic) bond motifs is 2. The van der Waals surface area contributed by atoms with Crippen LogP contribution in [-0.2, 0) is 6.18 Å². The minimum absolute atomic E-state index is 0.0589. The third kappa shape index (κ3) is 3.61. The van der Waals surface area contributed by atoms with Crippen molar-refractivity contribution in [2.45, 2.75) is 6.18 Å². The van der Waals surface area contributed by atoms with Crippen molar-refractivity contribution >= 4 is 28.0 Å². The number of amides is 1. The van der Waals surface area contributed by atoms with Gasteiger partial charge >= 0.3 is 6.18 Å². The molecular weight excluding hydrogens is 443 g/mol. The van der Waals surface area contributed by atoms with E-state index in [0.717, 1.165) is 23.0 Å². The van der Waals surface area contributed by atoms with Gasteiger partial charge in [-0.15, -0.1) is 0 Å². The molecule has 34 heavy (non-hydrogen) atoms. The van der Waals surface area contributed by atoms with E-state index >= 15 is 0 Å². The summed E-state index contributed by atoms with van der Waals surface area (Å²) < 4.78 is 42.5. The number of carbonyl (C=O) groups excluding carboxylic acids is 1. The van der Waals surface area contributed by atoms with Crippen LogP contribution in [0.3, 0.4) is 0 Å². The van der Waals surface area contributed by atoms with Crippen LogP contribution in [0.25, 0.3) is 27.7 Å². The summed E-state index contributed by atoms with van der Waals surface area (Å²) in [4.78, 5) is 17.4. The fourth-order valence-electron chi connectivity index (χ4n) is 3.79. The van der Waals surface area contributed by atoms with Crippen LogP contribution in [0.15, 0.2) is 79.0 Å². The number of para-hydroxylation sites is 1. The maximum atomic E-state index is 14.0. The first-order chi connectivity index (χ1) is 16.4. The molecule has 0 aliphatic rings. The number of halogens is 3. The second kappa shape index (κ2) is 8.01. The van der Waals surface area contributed by atoms with E-state index in [9.17, 15) is 23.2 Å². The van der Waals surface area contributed by atoms with Crippen molar-refractivity contribution in [1.29, 1.82) is 5.26 Å². The zero-order valence-corrected chi connectivity index (χ0v) is 17.3. The summed E-state index contributed by atoms with van der Waals surface area (Å²) in [6, 6.07) is 21.7. The van der Waals surface area contributed by atoms with Gasteiger partial charge in [0.1, 0.15) is 11.6 Å². The summed E-state index contributed by atoms with van der Waals surface area (Å²) in [5, 5.41) is 17.2. The van der Waals surface area contributed by atoms with E-state index in [-0.39, 0.29) is 28.2 Å². The van der Waals surface area contributed by atoms with E-state index in [0.29, 0.717) is 10.1 Å². The van der Waals surface area contributed by atoms with Crippen molar-refractivity contribution in [3.05, 3.63) is 95.8 Å². The number of rotatable bonds is 3. The number of nitriles is 1. The molecule has 0 radical (unpaired) electrons. The van der Waals surface area contributed by atoms with Crippen molar-refractivity contribution in [2.75, 3.05) is 5.32 Å². The van der Waals surface area contributed by atoms with Crippen LogP contribution in [-0.4, -0.2) is 20.5 Å². The predicted octanol–water partition coefficient (Wildman–Crippen LogP) is 5.69. The van der Waals surface area contributed by atoms with E-state index in [1.807, 2.05) is 24.3 Å². The number of hydrogen-bond donors (Lipinski definition) is 1. The number of hydrogen-bond acceptors (Lipinski definition) is 4. The van der Waals surface area contributed by atoms with Gasteiger partial charge in [0, 0.05) is 5.56 Å². The highest BCUT2D eigenvalue weighted by Crippen LogP contribution is 2.35. The number of carbonyl (C=O) groups is 1. The van der Waals surface area contributed by atoms with Gasteiger partial charge in [0.05, 0.1) is 23.1 Å². The smallest absolute Gasteiger partial charge is 0.321 e. The highest BCUT2D eigenvalue weighted by Gasteiger charge is 2.36. The van der Waals surface area contributed by atoms with E-state index in [4.69, 9.17) is 0 Å². The lowest BCUT2D eigenvalue weighted by Crippen LogP contribution is -2.16. The van der Waals surface area contributed by atoms with Gasteiger partial charge in [0.25, 0.3) is 5.91 Å². The molecule has 9 heteroatoms. The summed E-state index contributed by atoms with van der Waals surface area (Å²) in [5.41, 5.74) is -0.456. The van der Waals surface area contributed by atoms with Gasteiger partial charge in [-0.3, -0.25) is 4.79 Å². The summed E-state index contributed by atoms with van der Waals surface area (Å²) in [6.45, 7) is 0. The molecule has 5 rings (SSSR count). The van der Waals surface area contributed by atoms with Gasteiger partial charge in [0.2, 0.25) is 0 Å². The van der Waals surface area contributed by atoms with Crippen LogP contribution < -0.4 is 5.32 Å². The number of benzene rings is 3. The van der Waals surface area contributed by atoms with Gasteiger partial charge in [0.15, 0.2) is 11.3 Å². The fourth-order valence-corrected chi connectivity index (χ4v) is 3.79. The molecule has 1 amide bonds. The molecular formula is C25H14F3N5O. The summed E-state index contributed by atoms with van der Waals surface area (Å²) in [6.07, 6.45) is -3.71. The minimum Gasteiger partial charge on any atom is -0.321 e. The number of nitrogens with zero attached hydrogens (tertiary/aromatic N) is 4. The van der Waals surface area contributed by atoms with E-state index in [1.54, 1.807) is 36.4 Å². The average Bonchev–Trinajstić information content (AvgIpc) is 3.27. The Balaban J connectivity index is 1.70.